The van der Waals surface area contributed by atoms with Crippen LogP contribution in [0.15, 0.2) is 109 Å². The Hall–Kier alpha value is -3.90. The molecule has 6 rings (SSSR count). The Kier molecular flexibility index (Phi) is 6.38. The van der Waals surface area contributed by atoms with Crippen molar-refractivity contribution in [1.29, 1.82) is 0 Å². The summed E-state index contributed by atoms with van der Waals surface area (Å²) in [5.41, 5.74) is 16.1. The van der Waals surface area contributed by atoms with E-state index in [1.807, 2.05) is 0 Å². The van der Waals surface area contributed by atoms with Crippen molar-refractivity contribution in [2.24, 2.45) is 0 Å². The highest BCUT2D eigenvalue weighted by atomic mass is 14.4. The van der Waals surface area contributed by atoms with Gasteiger partial charge in [0.1, 0.15) is 0 Å². The molecule has 0 radical (unpaired) electrons. The summed E-state index contributed by atoms with van der Waals surface area (Å²) in [6.45, 7) is 18.8. The first-order chi connectivity index (χ1) is 19.4. The van der Waals surface area contributed by atoms with E-state index < -0.39 is 0 Å². The first kappa shape index (κ1) is 27.3. The lowest BCUT2D eigenvalue weighted by atomic mass is 9.76. The van der Waals surface area contributed by atoms with Gasteiger partial charge in [-0.1, -0.05) is 152 Å². The average molecular weight is 535 g/mol. The van der Waals surface area contributed by atoms with Crippen molar-refractivity contribution in [3.63, 3.8) is 0 Å². The van der Waals surface area contributed by atoms with Crippen LogP contribution in [0.1, 0.15) is 77.6 Å². The molecule has 5 aromatic rings. The molecule has 0 fully saturated rings. The van der Waals surface area contributed by atoms with Gasteiger partial charge in [-0.15, -0.1) is 0 Å². The lowest BCUT2D eigenvalue weighted by molar-refractivity contribution is 0.580. The zero-order valence-electron chi connectivity index (χ0n) is 25.9. The first-order valence-corrected chi connectivity index (χ1v) is 15.0. The molecule has 0 aromatic heterocycles. The van der Waals surface area contributed by atoms with Crippen LogP contribution in [-0.4, -0.2) is 0 Å². The second kappa shape index (κ2) is 9.59. The highest BCUT2D eigenvalue weighted by Crippen LogP contribution is 2.55. The van der Waals surface area contributed by atoms with E-state index in [-0.39, 0.29) is 16.2 Å². The molecule has 0 saturated carbocycles. The van der Waals surface area contributed by atoms with Gasteiger partial charge in [0.25, 0.3) is 0 Å². The maximum absolute atomic E-state index is 2.50. The Labute approximate surface area is 247 Å². The van der Waals surface area contributed by atoms with Crippen LogP contribution >= 0.6 is 0 Å². The largest absolute Gasteiger partial charge is 0.0622 e. The van der Waals surface area contributed by atoms with Crippen molar-refractivity contribution in [2.45, 2.75) is 71.6 Å². The van der Waals surface area contributed by atoms with E-state index in [4.69, 9.17) is 0 Å². The summed E-state index contributed by atoms with van der Waals surface area (Å²) in [4.78, 5) is 0. The van der Waals surface area contributed by atoms with Crippen LogP contribution in [-0.2, 0) is 16.2 Å². The quantitative estimate of drug-likeness (QED) is 0.216. The summed E-state index contributed by atoms with van der Waals surface area (Å²) in [5, 5.41) is 0. The Morgan fingerprint density at radius 1 is 0.415 bits per heavy atom. The minimum atomic E-state index is -0.0914. The van der Waals surface area contributed by atoms with Gasteiger partial charge in [0, 0.05) is 5.41 Å². The average Bonchev–Trinajstić information content (AvgIpc) is 3.18. The van der Waals surface area contributed by atoms with E-state index in [0.29, 0.717) is 0 Å². The van der Waals surface area contributed by atoms with E-state index >= 15 is 0 Å². The molecule has 1 aliphatic carbocycles. The fourth-order valence-corrected chi connectivity index (χ4v) is 6.41. The van der Waals surface area contributed by atoms with Crippen molar-refractivity contribution in [3.05, 3.63) is 131 Å². The summed E-state index contributed by atoms with van der Waals surface area (Å²) in [6.07, 6.45) is 0. The van der Waals surface area contributed by atoms with Gasteiger partial charge in [0.15, 0.2) is 0 Å². The van der Waals surface area contributed by atoms with E-state index in [9.17, 15) is 0 Å². The SMILES string of the molecule is CC(C)(C)c1ccc2c(c1)C(C)(C)c1cc(C(C)(C)C)cc(-c3cc(-c4ccccc4)ccc3-c3ccccc3)c1-2. The van der Waals surface area contributed by atoms with Crippen molar-refractivity contribution >= 4 is 0 Å². The minimum Gasteiger partial charge on any atom is -0.0622 e. The van der Waals surface area contributed by atoms with Crippen LogP contribution in [0.4, 0.5) is 0 Å². The van der Waals surface area contributed by atoms with Gasteiger partial charge in [0.05, 0.1) is 0 Å². The van der Waals surface area contributed by atoms with E-state index in [1.54, 1.807) is 0 Å². The molecule has 0 aliphatic heterocycles. The number of hydrogen-bond acceptors (Lipinski definition) is 0. The van der Waals surface area contributed by atoms with Gasteiger partial charge < -0.3 is 0 Å². The minimum absolute atomic E-state index is 0.0230. The molecule has 41 heavy (non-hydrogen) atoms. The number of fused-ring (bicyclic) bond motifs is 3. The van der Waals surface area contributed by atoms with Gasteiger partial charge in [-0.2, -0.15) is 0 Å². The molecular weight excluding hydrogens is 492 g/mol. The molecule has 0 nitrogen and oxygen atoms in total. The lowest BCUT2D eigenvalue weighted by Gasteiger charge is -2.28. The maximum Gasteiger partial charge on any atom is 0.0159 e. The van der Waals surface area contributed by atoms with Gasteiger partial charge in [-0.25, -0.2) is 0 Å². The number of benzene rings is 5. The molecule has 0 atom stereocenters. The Bertz CT molecular complexity index is 1740. The molecule has 0 bridgehead atoms. The summed E-state index contributed by atoms with van der Waals surface area (Å²) >= 11 is 0. The highest BCUT2D eigenvalue weighted by molar-refractivity contribution is 5.98. The third kappa shape index (κ3) is 4.74. The zero-order chi connectivity index (χ0) is 29.2. The fraction of sp³-hybridized carbons (Fsp3) is 0.268. The Morgan fingerprint density at radius 2 is 0.976 bits per heavy atom. The molecule has 1 aliphatic rings. The van der Waals surface area contributed by atoms with Crippen LogP contribution < -0.4 is 0 Å². The monoisotopic (exact) mass is 534 g/mol. The molecule has 5 aromatic carbocycles. The summed E-state index contributed by atoms with van der Waals surface area (Å²) < 4.78 is 0. The normalized spacial score (nSPS) is 14.0. The van der Waals surface area contributed by atoms with Crippen LogP contribution in [0.2, 0.25) is 0 Å². The van der Waals surface area contributed by atoms with Crippen LogP contribution in [0.3, 0.4) is 0 Å². The molecule has 206 valence electrons. The molecule has 0 amide bonds. The molecular formula is C41H42. The Balaban J connectivity index is 1.71. The second-order valence-corrected chi connectivity index (χ2v) is 14.3. The zero-order valence-corrected chi connectivity index (χ0v) is 25.9. The molecule has 0 saturated heterocycles. The van der Waals surface area contributed by atoms with E-state index in [0.717, 1.165) is 0 Å². The molecule has 0 heteroatoms. The van der Waals surface area contributed by atoms with Crippen LogP contribution in [0, 0.1) is 0 Å². The van der Waals surface area contributed by atoms with E-state index in [2.05, 4.69) is 165 Å². The summed E-state index contributed by atoms with van der Waals surface area (Å²) in [6, 6.07) is 40.9. The first-order valence-electron chi connectivity index (χ1n) is 15.0. The topological polar surface area (TPSA) is 0 Å². The van der Waals surface area contributed by atoms with Gasteiger partial charge in [0.2, 0.25) is 0 Å². The van der Waals surface area contributed by atoms with Crippen molar-refractivity contribution < 1.29 is 0 Å². The third-order valence-corrected chi connectivity index (χ3v) is 9.01. The molecule has 0 heterocycles. The van der Waals surface area contributed by atoms with Crippen molar-refractivity contribution in [1.82, 2.24) is 0 Å². The van der Waals surface area contributed by atoms with Gasteiger partial charge >= 0.3 is 0 Å². The Morgan fingerprint density at radius 3 is 1.59 bits per heavy atom. The highest BCUT2D eigenvalue weighted by Gasteiger charge is 2.39. The smallest absolute Gasteiger partial charge is 0.0159 e. The summed E-state index contributed by atoms with van der Waals surface area (Å²) in [5.74, 6) is 0. The van der Waals surface area contributed by atoms with Crippen LogP contribution in [0.25, 0.3) is 44.5 Å². The number of hydrogen-bond donors (Lipinski definition) is 0. The standard InChI is InChI=1S/C41H42/c1-39(2,3)30-20-22-33-36(25-30)41(7,8)37-26-31(40(4,5)6)24-35(38(33)37)34-23-29(27-15-11-9-12-16-27)19-21-32(34)28-17-13-10-14-18-28/h9-26H,1-8H3. The second-order valence-electron chi connectivity index (χ2n) is 14.3. The summed E-state index contributed by atoms with van der Waals surface area (Å²) in [7, 11) is 0. The van der Waals surface area contributed by atoms with Crippen molar-refractivity contribution in [3.8, 4) is 44.5 Å². The van der Waals surface area contributed by atoms with Gasteiger partial charge in [-0.3, -0.25) is 0 Å². The molecule has 0 N–H and O–H groups in total. The van der Waals surface area contributed by atoms with Crippen molar-refractivity contribution in [2.75, 3.05) is 0 Å². The maximum atomic E-state index is 2.50. The lowest BCUT2D eigenvalue weighted by Crippen LogP contribution is -2.19. The third-order valence-electron chi connectivity index (χ3n) is 9.01. The van der Waals surface area contributed by atoms with E-state index in [1.165, 1.54) is 66.8 Å². The predicted molar refractivity (Wildman–Crippen MR) is 178 cm³/mol. The molecule has 0 unspecified atom stereocenters. The number of rotatable bonds is 3. The van der Waals surface area contributed by atoms with Crippen LogP contribution in [0.5, 0.6) is 0 Å². The van der Waals surface area contributed by atoms with Gasteiger partial charge in [-0.05, 0) is 89.7 Å². The fourth-order valence-electron chi connectivity index (χ4n) is 6.41. The predicted octanol–water partition coefficient (Wildman–Crippen LogP) is 11.6. The molecule has 0 spiro atoms.